The van der Waals surface area contributed by atoms with Gasteiger partial charge in [0.1, 0.15) is 5.75 Å². The molecule has 0 radical (unpaired) electrons. The van der Waals surface area contributed by atoms with Crippen LogP contribution >= 0.6 is 0 Å². The molecule has 2 aromatic carbocycles. The van der Waals surface area contributed by atoms with Gasteiger partial charge in [0.15, 0.2) is 5.70 Å². The van der Waals surface area contributed by atoms with Crippen molar-refractivity contribution in [3.63, 3.8) is 0 Å². The van der Waals surface area contributed by atoms with Crippen molar-refractivity contribution in [1.29, 1.82) is 0 Å². The standard InChI is InChI=1S/C18H11F3N2O5/c1-10-2-5-12(9-15(10)23(25)26)16-22-14(17(24)27-16)8-11-3-6-13(7-4-11)28-18(19,20)21/h2-9H,1H3. The molecule has 7 nitrogen and oxygen atoms in total. The Bertz CT molecular complexity index is 1010. The van der Waals surface area contributed by atoms with Crippen LogP contribution in [0.5, 0.6) is 5.75 Å². The number of rotatable bonds is 4. The summed E-state index contributed by atoms with van der Waals surface area (Å²) < 4.78 is 45.3. The predicted octanol–water partition coefficient (Wildman–Crippen LogP) is 4.15. The van der Waals surface area contributed by atoms with Crippen LogP contribution in [0.25, 0.3) is 6.08 Å². The van der Waals surface area contributed by atoms with Crippen LogP contribution in [-0.2, 0) is 9.53 Å². The minimum atomic E-state index is -4.80. The van der Waals surface area contributed by atoms with Crippen LogP contribution in [0.2, 0.25) is 0 Å². The number of halogens is 3. The SMILES string of the molecule is Cc1ccc(C2=NC(=Cc3ccc(OC(F)(F)F)cc3)C(=O)O2)cc1[N+](=O)[O-]. The molecule has 1 aliphatic heterocycles. The number of cyclic esters (lactones) is 1. The van der Waals surface area contributed by atoms with Gasteiger partial charge in [-0.1, -0.05) is 18.2 Å². The maximum absolute atomic E-state index is 12.2. The Morgan fingerprint density at radius 1 is 1.18 bits per heavy atom. The van der Waals surface area contributed by atoms with Gasteiger partial charge in [-0.15, -0.1) is 13.2 Å². The molecule has 0 aromatic heterocycles. The summed E-state index contributed by atoms with van der Waals surface area (Å²) in [6.07, 6.45) is -3.49. The van der Waals surface area contributed by atoms with E-state index in [9.17, 15) is 28.1 Å². The number of aryl methyl sites for hydroxylation is 1. The van der Waals surface area contributed by atoms with Gasteiger partial charge in [0, 0.05) is 17.2 Å². The normalized spacial score (nSPS) is 15.4. The van der Waals surface area contributed by atoms with E-state index in [1.165, 1.54) is 36.4 Å². The van der Waals surface area contributed by atoms with Crippen molar-refractivity contribution in [2.75, 3.05) is 0 Å². The number of carbonyl (C=O) groups excluding carboxylic acids is 1. The van der Waals surface area contributed by atoms with E-state index in [0.717, 1.165) is 12.1 Å². The summed E-state index contributed by atoms with van der Waals surface area (Å²) in [6, 6.07) is 9.08. The minimum absolute atomic E-state index is 0.0947. The van der Waals surface area contributed by atoms with E-state index in [2.05, 4.69) is 9.73 Å². The Morgan fingerprint density at radius 3 is 2.46 bits per heavy atom. The number of hydrogen-bond donors (Lipinski definition) is 0. The van der Waals surface area contributed by atoms with E-state index in [-0.39, 0.29) is 22.8 Å². The van der Waals surface area contributed by atoms with Gasteiger partial charge in [-0.25, -0.2) is 9.79 Å². The smallest absolute Gasteiger partial charge is 0.406 e. The Labute approximate surface area is 155 Å². The quantitative estimate of drug-likeness (QED) is 0.337. The first-order valence-corrected chi connectivity index (χ1v) is 7.76. The molecule has 0 saturated heterocycles. The Balaban J connectivity index is 1.86. The number of nitro benzene ring substituents is 1. The highest BCUT2D eigenvalue weighted by molar-refractivity contribution is 6.13. The topological polar surface area (TPSA) is 91.0 Å². The van der Waals surface area contributed by atoms with E-state index in [1.807, 2.05) is 0 Å². The van der Waals surface area contributed by atoms with Gasteiger partial charge in [0.05, 0.1) is 4.92 Å². The zero-order valence-corrected chi connectivity index (χ0v) is 14.2. The third-order valence-electron chi connectivity index (χ3n) is 3.69. The molecular weight excluding hydrogens is 381 g/mol. The molecule has 0 fully saturated rings. The third-order valence-corrected chi connectivity index (χ3v) is 3.69. The third kappa shape index (κ3) is 4.34. The van der Waals surface area contributed by atoms with E-state index < -0.39 is 23.0 Å². The molecule has 3 rings (SSSR count). The summed E-state index contributed by atoms with van der Waals surface area (Å²) in [7, 11) is 0. The van der Waals surface area contributed by atoms with Gasteiger partial charge < -0.3 is 9.47 Å². The van der Waals surface area contributed by atoms with Crippen LogP contribution in [0, 0.1) is 17.0 Å². The molecule has 0 amide bonds. The molecule has 0 spiro atoms. The summed E-state index contributed by atoms with van der Waals surface area (Å²) in [4.78, 5) is 26.5. The molecule has 0 saturated carbocycles. The molecule has 1 aliphatic rings. The Kier molecular flexibility index (Phi) is 4.87. The van der Waals surface area contributed by atoms with Crippen molar-refractivity contribution in [3.8, 4) is 5.75 Å². The average Bonchev–Trinajstić information content (AvgIpc) is 2.96. The lowest BCUT2D eigenvalue weighted by atomic mass is 10.1. The number of alkyl halides is 3. The van der Waals surface area contributed by atoms with Crippen molar-refractivity contribution in [2.24, 2.45) is 4.99 Å². The number of benzene rings is 2. The maximum atomic E-state index is 12.2. The second-order valence-corrected chi connectivity index (χ2v) is 5.71. The lowest BCUT2D eigenvalue weighted by molar-refractivity contribution is -0.385. The molecule has 2 aromatic rings. The molecule has 0 bridgehead atoms. The molecular formula is C18H11F3N2O5. The fraction of sp³-hybridized carbons (Fsp3) is 0.111. The summed E-state index contributed by atoms with van der Waals surface area (Å²) in [5, 5.41) is 11.0. The molecule has 0 aliphatic carbocycles. The van der Waals surface area contributed by atoms with Crippen LogP contribution < -0.4 is 4.74 Å². The van der Waals surface area contributed by atoms with Crippen LogP contribution in [0.4, 0.5) is 18.9 Å². The fourth-order valence-electron chi connectivity index (χ4n) is 2.40. The maximum Gasteiger partial charge on any atom is 0.573 e. The highest BCUT2D eigenvalue weighted by Crippen LogP contribution is 2.26. The predicted molar refractivity (Wildman–Crippen MR) is 91.6 cm³/mol. The number of nitro groups is 1. The zero-order valence-electron chi connectivity index (χ0n) is 14.2. The van der Waals surface area contributed by atoms with E-state index in [4.69, 9.17) is 4.74 Å². The minimum Gasteiger partial charge on any atom is -0.406 e. The van der Waals surface area contributed by atoms with Gasteiger partial charge in [-0.3, -0.25) is 10.1 Å². The highest BCUT2D eigenvalue weighted by Gasteiger charge is 2.31. The molecule has 1 heterocycles. The zero-order chi connectivity index (χ0) is 20.5. The van der Waals surface area contributed by atoms with Gasteiger partial charge in [-0.05, 0) is 36.8 Å². The average molecular weight is 392 g/mol. The first-order chi connectivity index (χ1) is 13.1. The number of esters is 1. The van der Waals surface area contributed by atoms with Crippen LogP contribution in [-0.4, -0.2) is 23.2 Å². The van der Waals surface area contributed by atoms with Gasteiger partial charge in [0.25, 0.3) is 5.69 Å². The largest absolute Gasteiger partial charge is 0.573 e. The number of carbonyl (C=O) groups is 1. The van der Waals surface area contributed by atoms with Crippen LogP contribution in [0.1, 0.15) is 16.7 Å². The van der Waals surface area contributed by atoms with Gasteiger partial charge in [-0.2, -0.15) is 0 Å². The van der Waals surface area contributed by atoms with Gasteiger partial charge >= 0.3 is 12.3 Å². The van der Waals surface area contributed by atoms with Crippen LogP contribution in [0.3, 0.4) is 0 Å². The van der Waals surface area contributed by atoms with Crippen molar-refractivity contribution in [1.82, 2.24) is 0 Å². The number of hydrogen-bond acceptors (Lipinski definition) is 6. The molecule has 0 unspecified atom stereocenters. The summed E-state index contributed by atoms with van der Waals surface area (Å²) in [5.41, 5.74) is 0.844. The first-order valence-electron chi connectivity index (χ1n) is 7.76. The lowest BCUT2D eigenvalue weighted by Crippen LogP contribution is -2.16. The van der Waals surface area contributed by atoms with Crippen molar-refractivity contribution < 1.29 is 32.4 Å². The van der Waals surface area contributed by atoms with E-state index in [1.54, 1.807) is 6.92 Å². The molecule has 28 heavy (non-hydrogen) atoms. The lowest BCUT2D eigenvalue weighted by Gasteiger charge is -2.08. The molecule has 144 valence electrons. The molecule has 0 atom stereocenters. The molecule has 0 N–H and O–H groups in total. The number of aliphatic imine (C=N–C) groups is 1. The van der Waals surface area contributed by atoms with Crippen LogP contribution in [0.15, 0.2) is 53.2 Å². The Morgan fingerprint density at radius 2 is 1.86 bits per heavy atom. The van der Waals surface area contributed by atoms with Crippen molar-refractivity contribution >= 4 is 23.6 Å². The van der Waals surface area contributed by atoms with Crippen molar-refractivity contribution in [3.05, 3.63) is 75.0 Å². The fourth-order valence-corrected chi connectivity index (χ4v) is 2.40. The summed E-state index contributed by atoms with van der Waals surface area (Å²) >= 11 is 0. The second kappa shape index (κ2) is 7.14. The van der Waals surface area contributed by atoms with E-state index >= 15 is 0 Å². The van der Waals surface area contributed by atoms with Gasteiger partial charge in [0.2, 0.25) is 5.90 Å². The Hall–Kier alpha value is -3.69. The highest BCUT2D eigenvalue weighted by atomic mass is 19.4. The first kappa shape index (κ1) is 19.1. The monoisotopic (exact) mass is 392 g/mol. The summed E-state index contributed by atoms with van der Waals surface area (Å²) in [6.45, 7) is 1.57. The number of ether oxygens (including phenoxy) is 2. The molecule has 10 heteroatoms. The van der Waals surface area contributed by atoms with Crippen molar-refractivity contribution in [2.45, 2.75) is 13.3 Å². The second-order valence-electron chi connectivity index (χ2n) is 5.71. The number of nitrogens with zero attached hydrogens (tertiary/aromatic N) is 2. The summed E-state index contributed by atoms with van der Waals surface area (Å²) in [5.74, 6) is -1.29. The van der Waals surface area contributed by atoms with E-state index in [0.29, 0.717) is 11.1 Å².